The SMILES string of the molecule is CNC(=O)C1(N2CCC2)CCCNCC1. The zero-order valence-electron chi connectivity index (χ0n) is 9.51. The minimum Gasteiger partial charge on any atom is -0.358 e. The number of hydrogen-bond donors (Lipinski definition) is 2. The van der Waals surface area contributed by atoms with Crippen molar-refractivity contribution in [2.45, 2.75) is 31.2 Å². The second kappa shape index (κ2) is 4.49. The van der Waals surface area contributed by atoms with Gasteiger partial charge in [-0.25, -0.2) is 0 Å². The minimum atomic E-state index is -0.212. The molecule has 86 valence electrons. The van der Waals surface area contributed by atoms with Crippen LogP contribution in [0.3, 0.4) is 0 Å². The minimum absolute atomic E-state index is 0.212. The Kier molecular flexibility index (Phi) is 3.26. The van der Waals surface area contributed by atoms with Crippen LogP contribution in [0.5, 0.6) is 0 Å². The summed E-state index contributed by atoms with van der Waals surface area (Å²) in [4.78, 5) is 14.5. The molecule has 0 aromatic heterocycles. The lowest BCUT2D eigenvalue weighted by Crippen LogP contribution is -2.62. The Morgan fingerprint density at radius 2 is 2.07 bits per heavy atom. The number of nitrogens with zero attached hydrogens (tertiary/aromatic N) is 1. The lowest BCUT2D eigenvalue weighted by Gasteiger charge is -2.47. The van der Waals surface area contributed by atoms with Crippen molar-refractivity contribution in [2.75, 3.05) is 33.2 Å². The van der Waals surface area contributed by atoms with E-state index in [9.17, 15) is 4.79 Å². The lowest BCUT2D eigenvalue weighted by atomic mass is 9.85. The summed E-state index contributed by atoms with van der Waals surface area (Å²) in [5.41, 5.74) is -0.212. The molecular formula is C11H21N3O. The van der Waals surface area contributed by atoms with E-state index in [-0.39, 0.29) is 11.4 Å². The normalized spacial score (nSPS) is 32.9. The van der Waals surface area contributed by atoms with Crippen molar-refractivity contribution in [3.63, 3.8) is 0 Å². The van der Waals surface area contributed by atoms with Crippen LogP contribution >= 0.6 is 0 Å². The average molecular weight is 211 g/mol. The molecule has 2 saturated heterocycles. The number of likely N-dealkylation sites (N-methyl/N-ethyl adjacent to an activating group) is 1. The maximum Gasteiger partial charge on any atom is 0.240 e. The largest absolute Gasteiger partial charge is 0.358 e. The molecule has 0 aliphatic carbocycles. The summed E-state index contributed by atoms with van der Waals surface area (Å²) in [6, 6.07) is 0. The lowest BCUT2D eigenvalue weighted by molar-refractivity contribution is -0.137. The molecule has 2 aliphatic heterocycles. The van der Waals surface area contributed by atoms with E-state index in [1.807, 2.05) is 0 Å². The van der Waals surface area contributed by atoms with Gasteiger partial charge in [-0.15, -0.1) is 0 Å². The molecule has 1 unspecified atom stereocenters. The van der Waals surface area contributed by atoms with Crippen molar-refractivity contribution >= 4 is 5.91 Å². The van der Waals surface area contributed by atoms with E-state index < -0.39 is 0 Å². The standard InChI is InChI=1S/C11H21N3O/c1-12-10(15)11(14-8-3-9-14)4-2-6-13-7-5-11/h13H,2-9H2,1H3,(H,12,15). The average Bonchev–Trinajstić information content (AvgIpc) is 2.41. The van der Waals surface area contributed by atoms with Crippen molar-refractivity contribution in [1.82, 2.24) is 15.5 Å². The topological polar surface area (TPSA) is 44.4 Å². The van der Waals surface area contributed by atoms with Gasteiger partial charge in [-0.2, -0.15) is 0 Å². The van der Waals surface area contributed by atoms with Crippen molar-refractivity contribution in [1.29, 1.82) is 0 Å². The van der Waals surface area contributed by atoms with Gasteiger partial charge >= 0.3 is 0 Å². The quantitative estimate of drug-likeness (QED) is 0.673. The Hall–Kier alpha value is -0.610. The van der Waals surface area contributed by atoms with Gasteiger partial charge in [0.15, 0.2) is 0 Å². The second-order valence-electron chi connectivity index (χ2n) is 4.55. The van der Waals surface area contributed by atoms with Gasteiger partial charge in [0.1, 0.15) is 5.54 Å². The first-order valence-corrected chi connectivity index (χ1v) is 5.97. The Bertz CT molecular complexity index is 230. The van der Waals surface area contributed by atoms with E-state index in [1.165, 1.54) is 6.42 Å². The summed E-state index contributed by atoms with van der Waals surface area (Å²) in [7, 11) is 1.75. The van der Waals surface area contributed by atoms with Gasteiger partial charge in [-0.1, -0.05) is 0 Å². The van der Waals surface area contributed by atoms with Crippen LogP contribution in [0.2, 0.25) is 0 Å². The third-order valence-electron chi connectivity index (χ3n) is 3.77. The number of rotatable bonds is 2. The number of likely N-dealkylation sites (tertiary alicyclic amines) is 1. The number of nitrogens with one attached hydrogen (secondary N) is 2. The van der Waals surface area contributed by atoms with Gasteiger partial charge in [0.2, 0.25) is 5.91 Å². The van der Waals surface area contributed by atoms with Gasteiger partial charge in [-0.05, 0) is 38.8 Å². The third-order valence-corrected chi connectivity index (χ3v) is 3.77. The molecule has 0 aromatic rings. The summed E-state index contributed by atoms with van der Waals surface area (Å²) < 4.78 is 0. The highest BCUT2D eigenvalue weighted by Gasteiger charge is 2.45. The molecular weight excluding hydrogens is 190 g/mol. The van der Waals surface area contributed by atoms with Crippen molar-refractivity contribution in [3.05, 3.63) is 0 Å². The van der Waals surface area contributed by atoms with E-state index >= 15 is 0 Å². The molecule has 0 saturated carbocycles. The molecule has 15 heavy (non-hydrogen) atoms. The van der Waals surface area contributed by atoms with Crippen molar-refractivity contribution < 1.29 is 4.79 Å². The number of amides is 1. The van der Waals surface area contributed by atoms with Gasteiger partial charge in [0, 0.05) is 20.1 Å². The fourth-order valence-electron chi connectivity index (χ4n) is 2.71. The molecule has 0 bridgehead atoms. The highest BCUT2D eigenvalue weighted by molar-refractivity contribution is 5.86. The molecule has 2 rings (SSSR count). The molecule has 0 spiro atoms. The zero-order chi connectivity index (χ0) is 10.7. The number of carbonyl (C=O) groups excluding carboxylic acids is 1. The van der Waals surface area contributed by atoms with Crippen LogP contribution in [-0.2, 0) is 4.79 Å². The van der Waals surface area contributed by atoms with Crippen LogP contribution in [0.15, 0.2) is 0 Å². The van der Waals surface area contributed by atoms with Crippen molar-refractivity contribution in [2.24, 2.45) is 0 Å². The second-order valence-corrected chi connectivity index (χ2v) is 4.55. The molecule has 1 atom stereocenters. The summed E-state index contributed by atoms with van der Waals surface area (Å²) in [6.45, 7) is 4.19. The number of hydrogen-bond acceptors (Lipinski definition) is 3. The highest BCUT2D eigenvalue weighted by atomic mass is 16.2. The molecule has 0 aromatic carbocycles. The molecule has 2 N–H and O–H groups in total. The van der Waals surface area contributed by atoms with Crippen LogP contribution < -0.4 is 10.6 Å². The molecule has 2 heterocycles. The molecule has 1 amide bonds. The summed E-state index contributed by atoms with van der Waals surface area (Å²) >= 11 is 0. The Morgan fingerprint density at radius 3 is 2.67 bits per heavy atom. The Balaban J connectivity index is 2.15. The fraction of sp³-hybridized carbons (Fsp3) is 0.909. The van der Waals surface area contributed by atoms with Gasteiger partial charge < -0.3 is 10.6 Å². The van der Waals surface area contributed by atoms with Crippen LogP contribution in [0.1, 0.15) is 25.7 Å². The maximum absolute atomic E-state index is 12.1. The monoisotopic (exact) mass is 211 g/mol. The molecule has 4 nitrogen and oxygen atoms in total. The van der Waals surface area contributed by atoms with Crippen molar-refractivity contribution in [3.8, 4) is 0 Å². The smallest absolute Gasteiger partial charge is 0.240 e. The Labute approximate surface area is 91.4 Å². The summed E-state index contributed by atoms with van der Waals surface area (Å²) in [5.74, 6) is 0.214. The first-order chi connectivity index (χ1) is 7.29. The third kappa shape index (κ3) is 1.88. The molecule has 0 radical (unpaired) electrons. The first kappa shape index (κ1) is 10.9. The van der Waals surface area contributed by atoms with Crippen LogP contribution in [0.4, 0.5) is 0 Å². The van der Waals surface area contributed by atoms with Crippen LogP contribution in [-0.4, -0.2) is 49.6 Å². The number of carbonyl (C=O) groups is 1. The maximum atomic E-state index is 12.1. The van der Waals surface area contributed by atoms with Crippen LogP contribution in [0, 0.1) is 0 Å². The van der Waals surface area contributed by atoms with E-state index in [0.717, 1.165) is 45.4 Å². The van der Waals surface area contributed by atoms with Gasteiger partial charge in [-0.3, -0.25) is 9.69 Å². The summed E-state index contributed by atoms with van der Waals surface area (Å²) in [5, 5.41) is 6.22. The first-order valence-electron chi connectivity index (χ1n) is 5.97. The molecule has 4 heteroatoms. The van der Waals surface area contributed by atoms with Crippen LogP contribution in [0.25, 0.3) is 0 Å². The predicted molar refractivity (Wildman–Crippen MR) is 59.7 cm³/mol. The molecule has 2 aliphatic rings. The highest BCUT2D eigenvalue weighted by Crippen LogP contribution is 2.31. The predicted octanol–water partition coefficient (Wildman–Crippen LogP) is -0.0496. The van der Waals surface area contributed by atoms with E-state index in [2.05, 4.69) is 15.5 Å². The summed E-state index contributed by atoms with van der Waals surface area (Å²) in [6.07, 6.45) is 4.29. The van der Waals surface area contributed by atoms with E-state index in [0.29, 0.717) is 0 Å². The fourth-order valence-corrected chi connectivity index (χ4v) is 2.71. The Morgan fingerprint density at radius 1 is 1.27 bits per heavy atom. The van der Waals surface area contributed by atoms with Gasteiger partial charge in [0.25, 0.3) is 0 Å². The van der Waals surface area contributed by atoms with Gasteiger partial charge in [0.05, 0.1) is 0 Å². The van der Waals surface area contributed by atoms with E-state index in [4.69, 9.17) is 0 Å². The van der Waals surface area contributed by atoms with E-state index in [1.54, 1.807) is 7.05 Å². The zero-order valence-corrected chi connectivity index (χ0v) is 9.51. The molecule has 2 fully saturated rings.